The monoisotopic (exact) mass is 435 g/mol. The number of nitrogens with two attached hydrogens (primary N) is 1. The lowest BCUT2D eigenvalue weighted by Crippen LogP contribution is -2.48. The van der Waals surface area contributed by atoms with E-state index >= 15 is 0 Å². The van der Waals surface area contributed by atoms with Crippen molar-refractivity contribution in [2.75, 3.05) is 32.5 Å². The first-order chi connectivity index (χ1) is 15.5. The molecule has 9 nitrogen and oxygen atoms in total. The Morgan fingerprint density at radius 1 is 1.28 bits per heavy atom. The van der Waals surface area contributed by atoms with Crippen LogP contribution >= 0.6 is 0 Å². The van der Waals surface area contributed by atoms with Crippen molar-refractivity contribution in [3.05, 3.63) is 37.1 Å². The zero-order valence-corrected chi connectivity index (χ0v) is 18.5. The number of likely N-dealkylation sites (N-methyl/N-ethyl adjacent to an activating group) is 1. The van der Waals surface area contributed by atoms with Crippen LogP contribution < -0.4 is 15.8 Å². The predicted octanol–water partition coefficient (Wildman–Crippen LogP) is 2.28. The first-order valence-corrected chi connectivity index (χ1v) is 10.9. The Hall–Kier alpha value is -3.33. The molecular formula is C23H29N7O2. The lowest BCUT2D eigenvalue weighted by molar-refractivity contribution is -0.127. The molecule has 1 fully saturated rings. The van der Waals surface area contributed by atoms with E-state index in [4.69, 9.17) is 10.5 Å². The van der Waals surface area contributed by atoms with E-state index in [9.17, 15) is 4.79 Å². The van der Waals surface area contributed by atoms with Crippen molar-refractivity contribution >= 4 is 22.8 Å². The summed E-state index contributed by atoms with van der Waals surface area (Å²) in [6.45, 7) is 3.94. The number of anilines is 1. The Kier molecular flexibility index (Phi) is 6.75. The van der Waals surface area contributed by atoms with Crippen molar-refractivity contribution in [1.82, 2.24) is 30.2 Å². The van der Waals surface area contributed by atoms with Crippen LogP contribution in [0.4, 0.5) is 5.82 Å². The van der Waals surface area contributed by atoms with E-state index in [0.29, 0.717) is 35.8 Å². The Balaban J connectivity index is 1.48. The van der Waals surface area contributed by atoms with Crippen LogP contribution in [0.5, 0.6) is 5.75 Å². The van der Waals surface area contributed by atoms with E-state index in [1.807, 2.05) is 26.1 Å². The number of fused-ring (bicyclic) bond motifs is 1. The molecule has 1 aliphatic rings. The molecule has 32 heavy (non-hydrogen) atoms. The van der Waals surface area contributed by atoms with Gasteiger partial charge in [0.25, 0.3) is 0 Å². The molecule has 1 saturated heterocycles. The number of nitrogens with one attached hydrogen (secondary N) is 1. The van der Waals surface area contributed by atoms with Gasteiger partial charge >= 0.3 is 0 Å². The van der Waals surface area contributed by atoms with Gasteiger partial charge in [-0.1, -0.05) is 13.3 Å². The number of aromatic nitrogens is 4. The number of nitrogens with zero attached hydrogens (tertiary/aromatic N) is 5. The molecule has 0 radical (unpaired) electrons. The van der Waals surface area contributed by atoms with E-state index in [1.54, 1.807) is 12.4 Å². The SMILES string of the molecule is CC(CNC(=O)[C@@H]1CCCCN1C)COc1c(-c2cncnc2)ccc2ncc(N)nc12. The zero-order valence-electron chi connectivity index (χ0n) is 18.5. The minimum atomic E-state index is -0.0436. The second kappa shape index (κ2) is 9.86. The summed E-state index contributed by atoms with van der Waals surface area (Å²) in [6, 6.07) is 3.76. The van der Waals surface area contributed by atoms with Gasteiger partial charge in [0.1, 0.15) is 17.7 Å². The molecule has 1 unspecified atom stereocenters. The molecule has 3 aromatic rings. The summed E-state index contributed by atoms with van der Waals surface area (Å²) >= 11 is 0. The van der Waals surface area contributed by atoms with Gasteiger partial charge < -0.3 is 15.8 Å². The van der Waals surface area contributed by atoms with Crippen LogP contribution in [0, 0.1) is 5.92 Å². The molecule has 0 aliphatic carbocycles. The molecule has 1 aromatic carbocycles. The number of carbonyl (C=O) groups is 1. The Labute approximate surface area is 187 Å². The van der Waals surface area contributed by atoms with E-state index in [2.05, 4.69) is 30.2 Å². The van der Waals surface area contributed by atoms with Crippen molar-refractivity contribution in [3.8, 4) is 16.9 Å². The van der Waals surface area contributed by atoms with Gasteiger partial charge in [-0.2, -0.15) is 0 Å². The Bertz CT molecular complexity index is 1080. The third-order valence-corrected chi connectivity index (χ3v) is 5.77. The average molecular weight is 436 g/mol. The van der Waals surface area contributed by atoms with Gasteiger partial charge in [0.2, 0.25) is 5.91 Å². The maximum atomic E-state index is 12.6. The molecule has 0 saturated carbocycles. The summed E-state index contributed by atoms with van der Waals surface area (Å²) in [5.74, 6) is 1.09. The smallest absolute Gasteiger partial charge is 0.237 e. The van der Waals surface area contributed by atoms with Crippen LogP contribution in [0.15, 0.2) is 37.1 Å². The van der Waals surface area contributed by atoms with Gasteiger partial charge in [-0.15, -0.1) is 0 Å². The lowest BCUT2D eigenvalue weighted by Gasteiger charge is -2.31. The highest BCUT2D eigenvalue weighted by Crippen LogP contribution is 2.35. The maximum absolute atomic E-state index is 12.6. The summed E-state index contributed by atoms with van der Waals surface area (Å²) in [5, 5.41) is 3.08. The normalized spacial score (nSPS) is 17.8. The van der Waals surface area contributed by atoms with Crippen LogP contribution in [-0.4, -0.2) is 63.5 Å². The van der Waals surface area contributed by atoms with Gasteiger partial charge in [-0.3, -0.25) is 14.7 Å². The maximum Gasteiger partial charge on any atom is 0.237 e. The summed E-state index contributed by atoms with van der Waals surface area (Å²) in [6.07, 6.45) is 9.62. The molecule has 0 bridgehead atoms. The second-order valence-corrected chi connectivity index (χ2v) is 8.39. The fraction of sp³-hybridized carbons (Fsp3) is 0.435. The number of piperidine rings is 1. The van der Waals surface area contributed by atoms with Gasteiger partial charge in [-0.25, -0.2) is 15.0 Å². The molecule has 0 spiro atoms. The number of hydrogen-bond acceptors (Lipinski definition) is 8. The largest absolute Gasteiger partial charge is 0.490 e. The van der Waals surface area contributed by atoms with Crippen LogP contribution in [-0.2, 0) is 4.79 Å². The van der Waals surface area contributed by atoms with Crippen molar-refractivity contribution in [3.63, 3.8) is 0 Å². The number of likely N-dealkylation sites (tertiary alicyclic amines) is 1. The van der Waals surface area contributed by atoms with Crippen LogP contribution in [0.2, 0.25) is 0 Å². The zero-order chi connectivity index (χ0) is 22.5. The molecular weight excluding hydrogens is 406 g/mol. The van der Waals surface area contributed by atoms with Gasteiger partial charge in [-0.05, 0) is 38.6 Å². The third kappa shape index (κ3) is 4.94. The number of nitrogen functional groups attached to an aromatic ring is 1. The molecule has 3 N–H and O–H groups in total. The van der Waals surface area contributed by atoms with Crippen molar-refractivity contribution in [1.29, 1.82) is 0 Å². The predicted molar refractivity (Wildman–Crippen MR) is 123 cm³/mol. The highest BCUT2D eigenvalue weighted by atomic mass is 16.5. The fourth-order valence-electron chi connectivity index (χ4n) is 3.96. The molecule has 2 aromatic heterocycles. The highest BCUT2D eigenvalue weighted by Gasteiger charge is 2.26. The molecule has 168 valence electrons. The van der Waals surface area contributed by atoms with E-state index in [1.165, 1.54) is 12.5 Å². The molecule has 2 atom stereocenters. The minimum absolute atomic E-state index is 0.0436. The second-order valence-electron chi connectivity index (χ2n) is 8.39. The van der Waals surface area contributed by atoms with E-state index in [0.717, 1.165) is 36.9 Å². The number of benzene rings is 1. The molecule has 9 heteroatoms. The van der Waals surface area contributed by atoms with E-state index in [-0.39, 0.29) is 17.9 Å². The van der Waals surface area contributed by atoms with Gasteiger partial charge in [0, 0.05) is 36.0 Å². The summed E-state index contributed by atoms with van der Waals surface area (Å²) in [4.78, 5) is 31.8. The highest BCUT2D eigenvalue weighted by molar-refractivity contribution is 5.90. The molecule has 1 aliphatic heterocycles. The van der Waals surface area contributed by atoms with Crippen LogP contribution in [0.1, 0.15) is 26.2 Å². The number of rotatable bonds is 7. The van der Waals surface area contributed by atoms with Gasteiger partial charge in [0.05, 0.1) is 24.4 Å². The van der Waals surface area contributed by atoms with Crippen LogP contribution in [0.25, 0.3) is 22.2 Å². The number of hydrogen-bond donors (Lipinski definition) is 2. The third-order valence-electron chi connectivity index (χ3n) is 5.77. The van der Waals surface area contributed by atoms with Crippen LogP contribution in [0.3, 0.4) is 0 Å². The Morgan fingerprint density at radius 3 is 2.88 bits per heavy atom. The van der Waals surface area contributed by atoms with Crippen molar-refractivity contribution in [2.24, 2.45) is 5.92 Å². The average Bonchev–Trinajstić information content (AvgIpc) is 2.81. The minimum Gasteiger partial charge on any atom is -0.490 e. The molecule has 4 rings (SSSR count). The summed E-state index contributed by atoms with van der Waals surface area (Å²) < 4.78 is 6.25. The number of carbonyl (C=O) groups excluding carboxylic acids is 1. The quantitative estimate of drug-likeness (QED) is 0.580. The first-order valence-electron chi connectivity index (χ1n) is 10.9. The summed E-state index contributed by atoms with van der Waals surface area (Å²) in [7, 11) is 2.01. The van der Waals surface area contributed by atoms with Gasteiger partial charge in [0.15, 0.2) is 5.75 Å². The first kappa shape index (κ1) is 21.9. The van der Waals surface area contributed by atoms with Crippen molar-refractivity contribution < 1.29 is 9.53 Å². The fourth-order valence-corrected chi connectivity index (χ4v) is 3.96. The Morgan fingerprint density at radius 2 is 2.09 bits per heavy atom. The summed E-state index contributed by atoms with van der Waals surface area (Å²) in [5.41, 5.74) is 8.81. The lowest BCUT2D eigenvalue weighted by atomic mass is 10.0. The van der Waals surface area contributed by atoms with E-state index < -0.39 is 0 Å². The standard InChI is InChI=1S/C23H29N7O2/c1-15(9-28-23(31)19-5-3-4-8-30(19)2)13-32-22-17(16-10-25-14-26-11-16)6-7-18-21(22)29-20(24)12-27-18/h6-7,10-12,14-15,19H,3-5,8-9,13H2,1-2H3,(H2,24,29)(H,28,31)/t15?,19-/m0/s1. The number of amides is 1. The van der Waals surface area contributed by atoms with Crippen molar-refractivity contribution in [2.45, 2.75) is 32.2 Å². The molecule has 3 heterocycles. The molecule has 1 amide bonds. The topological polar surface area (TPSA) is 119 Å². The number of ether oxygens (including phenoxy) is 1.